The molecule has 1 rings (SSSR count). The summed E-state index contributed by atoms with van der Waals surface area (Å²) >= 11 is 0. The largest absolute Gasteiger partial charge is 0.481 e. The van der Waals surface area contributed by atoms with Crippen LogP contribution in [-0.2, 0) is 11.2 Å². The monoisotopic (exact) mass is 278 g/mol. The number of nitrogens with one attached hydrogen (secondary N) is 1. The number of amides is 2. The second-order valence-corrected chi connectivity index (χ2v) is 5.30. The highest BCUT2D eigenvalue weighted by Gasteiger charge is 2.09. The van der Waals surface area contributed by atoms with Gasteiger partial charge in [0.2, 0.25) is 0 Å². The highest BCUT2D eigenvalue weighted by Crippen LogP contribution is 2.11. The van der Waals surface area contributed by atoms with Crippen molar-refractivity contribution in [3.05, 3.63) is 29.8 Å². The van der Waals surface area contributed by atoms with Crippen molar-refractivity contribution in [3.63, 3.8) is 0 Å². The average molecular weight is 278 g/mol. The van der Waals surface area contributed by atoms with E-state index in [1.165, 1.54) is 0 Å². The normalized spacial score (nSPS) is 10.4. The van der Waals surface area contributed by atoms with Gasteiger partial charge in [0.15, 0.2) is 0 Å². The van der Waals surface area contributed by atoms with E-state index in [1.807, 2.05) is 0 Å². The molecule has 1 aromatic carbocycles. The zero-order valence-corrected chi connectivity index (χ0v) is 12.2. The molecule has 5 nitrogen and oxygen atoms in total. The van der Waals surface area contributed by atoms with E-state index in [1.54, 1.807) is 36.2 Å². The fourth-order valence-corrected chi connectivity index (χ4v) is 1.65. The first-order valence-corrected chi connectivity index (χ1v) is 6.71. The number of benzene rings is 1. The van der Waals surface area contributed by atoms with E-state index in [0.717, 1.165) is 6.42 Å². The van der Waals surface area contributed by atoms with Gasteiger partial charge >= 0.3 is 12.0 Å². The highest BCUT2D eigenvalue weighted by molar-refractivity contribution is 5.89. The molecule has 5 heteroatoms. The van der Waals surface area contributed by atoms with E-state index in [9.17, 15) is 9.59 Å². The molecular weight excluding hydrogens is 256 g/mol. The van der Waals surface area contributed by atoms with Crippen molar-refractivity contribution < 1.29 is 14.7 Å². The number of carbonyl (C=O) groups is 2. The summed E-state index contributed by atoms with van der Waals surface area (Å²) in [4.78, 5) is 24.1. The number of anilines is 1. The molecule has 0 bridgehead atoms. The van der Waals surface area contributed by atoms with Crippen molar-refractivity contribution in [1.82, 2.24) is 4.90 Å². The highest BCUT2D eigenvalue weighted by atomic mass is 16.4. The number of nitrogens with zero attached hydrogens (tertiary/aromatic N) is 1. The Morgan fingerprint density at radius 2 is 1.85 bits per heavy atom. The molecular formula is C15H22N2O3. The number of hydrogen-bond donors (Lipinski definition) is 2. The lowest BCUT2D eigenvalue weighted by Gasteiger charge is -2.19. The molecule has 1 aromatic rings. The van der Waals surface area contributed by atoms with Crippen molar-refractivity contribution in [3.8, 4) is 0 Å². The number of carbonyl (C=O) groups excluding carboxylic acids is 1. The predicted molar refractivity (Wildman–Crippen MR) is 78.9 cm³/mol. The van der Waals surface area contributed by atoms with Gasteiger partial charge in [0.25, 0.3) is 0 Å². The van der Waals surface area contributed by atoms with Gasteiger partial charge in [0, 0.05) is 19.3 Å². The van der Waals surface area contributed by atoms with Crippen LogP contribution < -0.4 is 5.32 Å². The van der Waals surface area contributed by atoms with E-state index in [2.05, 4.69) is 19.2 Å². The van der Waals surface area contributed by atoms with Crippen LogP contribution in [-0.4, -0.2) is 35.6 Å². The Hall–Kier alpha value is -2.04. The number of hydrogen-bond acceptors (Lipinski definition) is 2. The lowest BCUT2D eigenvalue weighted by Crippen LogP contribution is -2.32. The average Bonchev–Trinajstić information content (AvgIpc) is 2.37. The number of aliphatic carboxylic acids is 1. The summed E-state index contributed by atoms with van der Waals surface area (Å²) in [7, 11) is 1.76. The molecule has 0 saturated carbocycles. The zero-order valence-electron chi connectivity index (χ0n) is 12.2. The van der Waals surface area contributed by atoms with Gasteiger partial charge in [-0.2, -0.15) is 0 Å². The Kier molecular flexibility index (Phi) is 6.03. The molecule has 2 amide bonds. The number of rotatable bonds is 6. The fraction of sp³-hybridized carbons (Fsp3) is 0.467. The van der Waals surface area contributed by atoms with Crippen molar-refractivity contribution in [2.45, 2.75) is 26.7 Å². The first-order valence-electron chi connectivity index (χ1n) is 6.71. The lowest BCUT2D eigenvalue weighted by molar-refractivity contribution is -0.136. The maximum atomic E-state index is 11.9. The quantitative estimate of drug-likeness (QED) is 0.840. The van der Waals surface area contributed by atoms with Gasteiger partial charge in [-0.05, 0) is 30.0 Å². The van der Waals surface area contributed by atoms with Gasteiger partial charge in [0.1, 0.15) is 0 Å². The predicted octanol–water partition coefficient (Wildman–Crippen LogP) is 2.82. The molecule has 0 saturated heterocycles. The molecule has 0 radical (unpaired) electrons. The summed E-state index contributed by atoms with van der Waals surface area (Å²) in [6, 6.07) is 6.69. The Labute approximate surface area is 119 Å². The molecule has 2 N–H and O–H groups in total. The van der Waals surface area contributed by atoms with Crippen LogP contribution in [0, 0.1) is 5.92 Å². The van der Waals surface area contributed by atoms with Crippen molar-refractivity contribution in [2.75, 3.05) is 18.9 Å². The minimum atomic E-state index is -0.866. The van der Waals surface area contributed by atoms with E-state index >= 15 is 0 Å². The third-order valence-electron chi connectivity index (χ3n) is 2.95. The third-order valence-corrected chi connectivity index (χ3v) is 2.95. The minimum absolute atomic E-state index is 0.0114. The molecule has 0 aliphatic rings. The molecule has 0 aliphatic carbocycles. The fourth-order valence-electron chi connectivity index (χ4n) is 1.65. The maximum absolute atomic E-state index is 11.9. The Morgan fingerprint density at radius 3 is 2.35 bits per heavy atom. The molecule has 0 aromatic heterocycles. The Balaban J connectivity index is 2.51. The summed E-state index contributed by atoms with van der Waals surface area (Å²) in [5, 5.41) is 11.5. The van der Waals surface area contributed by atoms with Crippen LogP contribution in [0.2, 0.25) is 0 Å². The zero-order chi connectivity index (χ0) is 15.1. The topological polar surface area (TPSA) is 69.6 Å². The van der Waals surface area contributed by atoms with Crippen LogP contribution >= 0.6 is 0 Å². The van der Waals surface area contributed by atoms with Gasteiger partial charge in [0.05, 0.1) is 6.42 Å². The van der Waals surface area contributed by atoms with Crippen LogP contribution in [0.3, 0.4) is 0 Å². The van der Waals surface area contributed by atoms with E-state index in [4.69, 9.17) is 5.11 Å². The molecule has 0 spiro atoms. The summed E-state index contributed by atoms with van der Waals surface area (Å²) in [5.74, 6) is -0.309. The SMILES string of the molecule is CC(C)CCN(C)C(=O)Nc1ccc(CC(=O)O)cc1. The van der Waals surface area contributed by atoms with Crippen LogP contribution in [0.15, 0.2) is 24.3 Å². The van der Waals surface area contributed by atoms with Crippen LogP contribution in [0.1, 0.15) is 25.8 Å². The summed E-state index contributed by atoms with van der Waals surface area (Å²) in [6.45, 7) is 4.94. The van der Waals surface area contributed by atoms with Crippen molar-refractivity contribution >= 4 is 17.7 Å². The van der Waals surface area contributed by atoms with Gasteiger partial charge < -0.3 is 15.3 Å². The van der Waals surface area contributed by atoms with E-state index in [0.29, 0.717) is 23.7 Å². The Morgan fingerprint density at radius 1 is 1.25 bits per heavy atom. The third kappa shape index (κ3) is 5.73. The first-order chi connectivity index (χ1) is 9.38. The molecule has 20 heavy (non-hydrogen) atoms. The molecule has 0 fully saturated rings. The minimum Gasteiger partial charge on any atom is -0.481 e. The van der Waals surface area contributed by atoms with Crippen LogP contribution in [0.25, 0.3) is 0 Å². The number of carboxylic acids is 1. The molecule has 0 heterocycles. The van der Waals surface area contributed by atoms with Crippen molar-refractivity contribution in [1.29, 1.82) is 0 Å². The van der Waals surface area contributed by atoms with Gasteiger partial charge in [-0.1, -0.05) is 26.0 Å². The smallest absolute Gasteiger partial charge is 0.321 e. The standard InChI is InChI=1S/C15H22N2O3/c1-11(2)8-9-17(3)15(20)16-13-6-4-12(5-7-13)10-14(18)19/h4-7,11H,8-10H2,1-3H3,(H,16,20)(H,18,19). The molecule has 0 aliphatic heterocycles. The molecule has 0 atom stereocenters. The van der Waals surface area contributed by atoms with Gasteiger partial charge in [-0.25, -0.2) is 4.79 Å². The summed E-state index contributed by atoms with van der Waals surface area (Å²) in [5.41, 5.74) is 1.38. The number of urea groups is 1. The number of carboxylic acid groups (broad SMARTS) is 1. The summed E-state index contributed by atoms with van der Waals surface area (Å²) in [6.07, 6.45) is 0.948. The van der Waals surface area contributed by atoms with Crippen LogP contribution in [0.4, 0.5) is 10.5 Å². The van der Waals surface area contributed by atoms with Crippen molar-refractivity contribution in [2.24, 2.45) is 5.92 Å². The molecule has 0 unspecified atom stereocenters. The van der Waals surface area contributed by atoms with E-state index < -0.39 is 5.97 Å². The maximum Gasteiger partial charge on any atom is 0.321 e. The second kappa shape index (κ2) is 7.53. The molecule has 110 valence electrons. The summed E-state index contributed by atoms with van der Waals surface area (Å²) < 4.78 is 0. The van der Waals surface area contributed by atoms with Gasteiger partial charge in [-0.3, -0.25) is 4.79 Å². The van der Waals surface area contributed by atoms with Gasteiger partial charge in [-0.15, -0.1) is 0 Å². The first kappa shape index (κ1) is 16.0. The van der Waals surface area contributed by atoms with Crippen LogP contribution in [0.5, 0.6) is 0 Å². The lowest BCUT2D eigenvalue weighted by atomic mass is 10.1. The Bertz CT molecular complexity index is 455. The van der Waals surface area contributed by atoms with E-state index in [-0.39, 0.29) is 12.5 Å². The second-order valence-electron chi connectivity index (χ2n) is 5.30.